The third kappa shape index (κ3) is 12.2. The van der Waals surface area contributed by atoms with Gasteiger partial charge in [-0.15, -0.1) is 0 Å². The summed E-state index contributed by atoms with van der Waals surface area (Å²) in [4.78, 5) is 26.1. The Balaban J connectivity index is 0.00000937. The average Bonchev–Trinajstić information content (AvgIpc) is 3.37. The maximum atomic E-state index is 13.1. The van der Waals surface area contributed by atoms with E-state index in [9.17, 15) is 9.59 Å². The largest absolute Gasteiger partial charge is 1.00 e. The lowest BCUT2D eigenvalue weighted by molar-refractivity contribution is -0.941. The SMILES string of the molecule is COc1cc2c(cc1OC)[C@H](c1cc(OC)c(OC)c(OC)c1)[N@@+](C)(CCCOC(=O)/C=C(\Cl)C(=O)OCCC[N@+]1(C)CCc3cc(OC)c(OC)cc3[C@H]1Cc1cc(OC)c(OC)c(OC)c1)CC2.[Cl-]. The van der Waals surface area contributed by atoms with Gasteiger partial charge in [0.15, 0.2) is 46.0 Å². The van der Waals surface area contributed by atoms with Crippen LogP contribution in [-0.4, -0.2) is 145 Å². The number of likely N-dealkylation sites (N-methyl/N-ethyl adjacent to an activating group) is 2. The number of fused-ring (bicyclic) bond motifs is 2. The molecule has 0 aromatic heterocycles. The number of ether oxygens (including phenoxy) is 12. The van der Waals surface area contributed by atoms with Crippen LogP contribution >= 0.6 is 11.6 Å². The first-order valence-corrected chi connectivity index (χ1v) is 23.5. The summed E-state index contributed by atoms with van der Waals surface area (Å²) in [5.41, 5.74) is 6.47. The summed E-state index contributed by atoms with van der Waals surface area (Å²) in [5, 5.41) is -0.364. The smallest absolute Gasteiger partial charge is 0.350 e. The van der Waals surface area contributed by atoms with Crippen molar-refractivity contribution in [2.75, 3.05) is 125 Å². The predicted octanol–water partition coefficient (Wildman–Crippen LogP) is 4.84. The summed E-state index contributed by atoms with van der Waals surface area (Å²) in [6.07, 6.45) is 4.24. The van der Waals surface area contributed by atoms with Gasteiger partial charge in [-0.1, -0.05) is 11.6 Å². The van der Waals surface area contributed by atoms with E-state index in [1.54, 1.807) is 71.1 Å². The zero-order valence-electron chi connectivity index (χ0n) is 43.0. The van der Waals surface area contributed by atoms with Gasteiger partial charge in [-0.05, 0) is 65.2 Å². The van der Waals surface area contributed by atoms with Crippen molar-refractivity contribution in [3.05, 3.63) is 93.0 Å². The fraction of sp³-hybridized carbons (Fsp3) is 0.472. The summed E-state index contributed by atoms with van der Waals surface area (Å²) in [7, 11) is 20.5. The Hall–Kier alpha value is -5.94. The van der Waals surface area contributed by atoms with E-state index < -0.39 is 11.9 Å². The van der Waals surface area contributed by atoms with Crippen molar-refractivity contribution in [1.82, 2.24) is 0 Å². The summed E-state index contributed by atoms with van der Waals surface area (Å²) >= 11 is 6.36. The Morgan fingerprint density at radius 3 is 1.46 bits per heavy atom. The van der Waals surface area contributed by atoms with Crippen molar-refractivity contribution in [1.29, 1.82) is 0 Å². The minimum Gasteiger partial charge on any atom is -1.00 e. The minimum absolute atomic E-state index is 0. The zero-order chi connectivity index (χ0) is 50.8. The molecule has 0 amide bonds. The average molecular weight is 1030 g/mol. The van der Waals surface area contributed by atoms with Crippen LogP contribution in [-0.2, 0) is 38.3 Å². The van der Waals surface area contributed by atoms with Gasteiger partial charge in [0, 0.05) is 54.9 Å². The molecule has 0 spiro atoms. The number of esters is 2. The first-order valence-electron chi connectivity index (χ1n) is 23.2. The standard InChI is InChI=1S/C53H69ClN2O14.ClH/c1-55(19-15-34-26-41(59-3)43(61-5)30-37(34)40(55)23-33-24-45(63-7)51(67-11)46(25-33)64-8)17-13-22-70-53(58)39(54)32-49(57)69-21-14-18-56(2)20-16-35-27-42(60-4)44(62-6)31-38(35)50(56)36-28-47(65-9)52(68-12)48(29-36)66-10;/h24-32,40,50H,13-23H2,1-12H3;1H/q+2;/p-1/b39-32-;/t40-,50+,55-,56+;/m1./s1. The van der Waals surface area contributed by atoms with Crippen LogP contribution in [0, 0.1) is 0 Å². The van der Waals surface area contributed by atoms with Gasteiger partial charge in [0.2, 0.25) is 11.5 Å². The van der Waals surface area contributed by atoms with E-state index in [2.05, 4.69) is 26.2 Å². The van der Waals surface area contributed by atoms with Crippen LogP contribution in [0.3, 0.4) is 0 Å². The first-order chi connectivity index (χ1) is 33.7. The number of hydrogen-bond donors (Lipinski definition) is 0. The molecular weight excluding hydrogens is 959 g/mol. The van der Waals surface area contributed by atoms with Crippen molar-refractivity contribution < 1.29 is 87.8 Å². The van der Waals surface area contributed by atoms with Gasteiger partial charge in [0.25, 0.3) is 0 Å². The lowest BCUT2D eigenvalue weighted by Gasteiger charge is -2.46. The summed E-state index contributed by atoms with van der Waals surface area (Å²) < 4.78 is 69.4. The van der Waals surface area contributed by atoms with Crippen molar-refractivity contribution in [3.8, 4) is 57.5 Å². The summed E-state index contributed by atoms with van der Waals surface area (Å²) in [5.74, 6) is 4.29. The molecule has 2 aliphatic heterocycles. The highest BCUT2D eigenvalue weighted by molar-refractivity contribution is 6.42. The minimum atomic E-state index is -0.804. The number of halogens is 2. The van der Waals surface area contributed by atoms with Gasteiger partial charge < -0.3 is 78.2 Å². The van der Waals surface area contributed by atoms with E-state index in [1.165, 1.54) is 5.56 Å². The molecule has 18 heteroatoms. The molecule has 0 radical (unpaired) electrons. The van der Waals surface area contributed by atoms with Crippen LogP contribution in [0.4, 0.5) is 0 Å². The number of carbonyl (C=O) groups is 2. The molecule has 0 saturated carbocycles. The van der Waals surface area contributed by atoms with Crippen molar-refractivity contribution >= 4 is 23.5 Å². The Bertz CT molecular complexity index is 2490. The molecule has 388 valence electrons. The predicted molar refractivity (Wildman–Crippen MR) is 264 cm³/mol. The van der Waals surface area contributed by atoms with Crippen LogP contribution in [0.2, 0.25) is 0 Å². The van der Waals surface area contributed by atoms with Crippen LogP contribution in [0.25, 0.3) is 0 Å². The molecule has 4 atom stereocenters. The molecule has 2 heterocycles. The summed E-state index contributed by atoms with van der Waals surface area (Å²) in [6.45, 7) is 3.09. The van der Waals surface area contributed by atoms with Crippen LogP contribution in [0.1, 0.15) is 58.3 Å². The molecule has 71 heavy (non-hydrogen) atoms. The highest BCUT2D eigenvalue weighted by Crippen LogP contribution is 2.49. The number of benzene rings is 4. The molecule has 4 aromatic rings. The molecule has 0 saturated heterocycles. The molecule has 6 rings (SSSR count). The van der Waals surface area contributed by atoms with Gasteiger partial charge in [-0.3, -0.25) is 0 Å². The first kappa shape index (κ1) is 56.0. The number of nitrogens with zero attached hydrogens (tertiary/aromatic N) is 2. The number of rotatable bonds is 23. The van der Waals surface area contributed by atoms with E-state index >= 15 is 0 Å². The van der Waals surface area contributed by atoms with Crippen LogP contribution < -0.4 is 59.8 Å². The van der Waals surface area contributed by atoms with Gasteiger partial charge in [-0.25, -0.2) is 9.59 Å². The second-order valence-electron chi connectivity index (χ2n) is 17.8. The van der Waals surface area contributed by atoms with Crippen LogP contribution in [0.5, 0.6) is 57.5 Å². The van der Waals surface area contributed by atoms with Crippen LogP contribution in [0.15, 0.2) is 59.6 Å². The Morgan fingerprint density at radius 2 is 0.972 bits per heavy atom. The number of carbonyl (C=O) groups excluding carboxylic acids is 2. The highest BCUT2D eigenvalue weighted by atomic mass is 35.5. The van der Waals surface area contributed by atoms with E-state index in [0.29, 0.717) is 98.8 Å². The third-order valence-corrected chi connectivity index (χ3v) is 14.1. The molecule has 0 fully saturated rings. The van der Waals surface area contributed by atoms with Gasteiger partial charge in [0.05, 0.1) is 125 Å². The molecule has 0 N–H and O–H groups in total. The summed E-state index contributed by atoms with van der Waals surface area (Å²) in [6, 6.07) is 15.9. The van der Waals surface area contributed by atoms with Crippen molar-refractivity contribution in [2.45, 2.75) is 44.2 Å². The van der Waals surface area contributed by atoms with Gasteiger partial charge in [-0.2, -0.15) is 0 Å². The molecular formula is C53H69Cl2N2O14+. The molecule has 2 aliphatic rings. The van der Waals surface area contributed by atoms with Gasteiger partial charge in [0.1, 0.15) is 17.1 Å². The lowest BCUT2D eigenvalue weighted by Crippen LogP contribution is -3.00. The molecule has 0 unspecified atom stereocenters. The van der Waals surface area contributed by atoms with Crippen molar-refractivity contribution in [2.24, 2.45) is 0 Å². The molecule has 0 bridgehead atoms. The maximum Gasteiger partial charge on any atom is 0.350 e. The number of quaternary nitrogens is 2. The van der Waals surface area contributed by atoms with E-state index in [-0.39, 0.29) is 42.7 Å². The normalized spacial score (nSPS) is 19.1. The second kappa shape index (κ2) is 24.9. The molecule has 16 nitrogen and oxygen atoms in total. The third-order valence-electron chi connectivity index (χ3n) is 13.8. The second-order valence-corrected chi connectivity index (χ2v) is 18.2. The van der Waals surface area contributed by atoms with Crippen molar-refractivity contribution in [3.63, 3.8) is 0 Å². The molecule has 4 aromatic carbocycles. The quantitative estimate of drug-likeness (QED) is 0.0433. The fourth-order valence-corrected chi connectivity index (χ4v) is 10.3. The molecule has 0 aliphatic carbocycles. The fourth-order valence-electron chi connectivity index (χ4n) is 10.2. The Kier molecular flexibility index (Phi) is 19.7. The monoisotopic (exact) mass is 1030 g/mol. The topological polar surface area (TPSA) is 145 Å². The lowest BCUT2D eigenvalue weighted by atomic mass is 9.85. The Labute approximate surface area is 429 Å². The number of hydrogen-bond acceptors (Lipinski definition) is 14. The van der Waals surface area contributed by atoms with E-state index in [1.807, 2.05) is 36.4 Å². The van der Waals surface area contributed by atoms with Gasteiger partial charge >= 0.3 is 11.9 Å². The van der Waals surface area contributed by atoms with E-state index in [4.69, 9.17) is 68.4 Å². The number of methoxy groups -OCH3 is 10. The zero-order valence-corrected chi connectivity index (χ0v) is 44.5. The highest BCUT2D eigenvalue weighted by Gasteiger charge is 2.43. The maximum absolute atomic E-state index is 13.1. The van der Waals surface area contributed by atoms with E-state index in [0.717, 1.165) is 59.8 Å². The Morgan fingerprint density at radius 1 is 0.549 bits per heavy atom.